The molecule has 2 heterocycles. The highest BCUT2D eigenvalue weighted by molar-refractivity contribution is 5.88. The molecule has 2 aliphatic heterocycles. The standard InChI is InChI=1S/C13H24N4O2/c1-10(11(18)16-7-4-14-5-8-16)17-9-6-15-12(19)13(17,2)3/h10,14H,4-9H2,1-3H3,(H,15,19). The molecule has 1 unspecified atom stereocenters. The number of hydrogen-bond acceptors (Lipinski definition) is 4. The van der Waals surface area contributed by atoms with E-state index in [2.05, 4.69) is 10.6 Å². The number of nitrogens with one attached hydrogen (secondary N) is 2. The Bertz CT molecular complexity index is 364. The highest BCUT2D eigenvalue weighted by atomic mass is 16.2. The highest BCUT2D eigenvalue weighted by Crippen LogP contribution is 2.21. The van der Waals surface area contributed by atoms with Crippen LogP contribution < -0.4 is 10.6 Å². The molecule has 6 nitrogen and oxygen atoms in total. The van der Waals surface area contributed by atoms with Gasteiger partial charge in [-0.3, -0.25) is 14.5 Å². The van der Waals surface area contributed by atoms with E-state index in [0.29, 0.717) is 6.54 Å². The molecule has 0 saturated carbocycles. The van der Waals surface area contributed by atoms with Crippen LogP contribution in [0.25, 0.3) is 0 Å². The minimum absolute atomic E-state index is 0.00119. The van der Waals surface area contributed by atoms with Crippen LogP contribution in [0.3, 0.4) is 0 Å². The van der Waals surface area contributed by atoms with Crippen LogP contribution in [0.15, 0.2) is 0 Å². The largest absolute Gasteiger partial charge is 0.353 e. The van der Waals surface area contributed by atoms with Crippen LogP contribution >= 0.6 is 0 Å². The third-order valence-electron chi connectivity index (χ3n) is 4.17. The molecule has 0 aromatic heterocycles. The summed E-state index contributed by atoms with van der Waals surface area (Å²) in [6, 6.07) is -0.251. The molecule has 0 aromatic rings. The fourth-order valence-electron chi connectivity index (χ4n) is 2.88. The Kier molecular flexibility index (Phi) is 4.10. The Morgan fingerprint density at radius 1 is 1.21 bits per heavy atom. The smallest absolute Gasteiger partial charge is 0.240 e. The average Bonchev–Trinajstić information content (AvgIpc) is 2.41. The van der Waals surface area contributed by atoms with Crippen LogP contribution in [0, 0.1) is 0 Å². The molecule has 0 aliphatic carbocycles. The summed E-state index contributed by atoms with van der Waals surface area (Å²) in [4.78, 5) is 28.4. The van der Waals surface area contributed by atoms with Gasteiger partial charge in [-0.1, -0.05) is 0 Å². The molecule has 6 heteroatoms. The van der Waals surface area contributed by atoms with Crippen LogP contribution in [0.1, 0.15) is 20.8 Å². The van der Waals surface area contributed by atoms with E-state index in [9.17, 15) is 9.59 Å². The van der Waals surface area contributed by atoms with Crippen molar-refractivity contribution in [3.8, 4) is 0 Å². The summed E-state index contributed by atoms with van der Waals surface area (Å²) in [5.41, 5.74) is -0.624. The van der Waals surface area contributed by atoms with Crippen LogP contribution in [-0.2, 0) is 9.59 Å². The zero-order chi connectivity index (χ0) is 14.0. The van der Waals surface area contributed by atoms with Crippen molar-refractivity contribution >= 4 is 11.8 Å². The first-order valence-electron chi connectivity index (χ1n) is 6.99. The Labute approximate surface area is 114 Å². The van der Waals surface area contributed by atoms with E-state index < -0.39 is 5.54 Å². The van der Waals surface area contributed by atoms with Crippen molar-refractivity contribution < 1.29 is 9.59 Å². The van der Waals surface area contributed by atoms with E-state index in [0.717, 1.165) is 32.7 Å². The molecule has 2 fully saturated rings. The molecule has 2 N–H and O–H groups in total. The van der Waals surface area contributed by atoms with Crippen molar-refractivity contribution in [2.24, 2.45) is 0 Å². The van der Waals surface area contributed by atoms with Gasteiger partial charge in [0.25, 0.3) is 0 Å². The second kappa shape index (κ2) is 5.46. The summed E-state index contributed by atoms with van der Waals surface area (Å²) in [5, 5.41) is 6.10. The maximum Gasteiger partial charge on any atom is 0.240 e. The van der Waals surface area contributed by atoms with E-state index in [-0.39, 0.29) is 17.9 Å². The zero-order valence-corrected chi connectivity index (χ0v) is 12.0. The zero-order valence-electron chi connectivity index (χ0n) is 12.0. The normalized spacial score (nSPS) is 25.8. The van der Waals surface area contributed by atoms with Crippen LogP contribution in [0.5, 0.6) is 0 Å². The van der Waals surface area contributed by atoms with Crippen molar-refractivity contribution in [2.75, 3.05) is 39.3 Å². The lowest BCUT2D eigenvalue weighted by atomic mass is 9.96. The Morgan fingerprint density at radius 3 is 2.47 bits per heavy atom. The van der Waals surface area contributed by atoms with Gasteiger partial charge in [-0.2, -0.15) is 0 Å². The average molecular weight is 268 g/mol. The third-order valence-corrected chi connectivity index (χ3v) is 4.17. The van der Waals surface area contributed by atoms with E-state index in [1.807, 2.05) is 30.6 Å². The second-order valence-corrected chi connectivity index (χ2v) is 5.76. The Morgan fingerprint density at radius 2 is 1.84 bits per heavy atom. The van der Waals surface area contributed by atoms with Crippen LogP contribution in [0.4, 0.5) is 0 Å². The molecule has 0 radical (unpaired) electrons. The lowest BCUT2D eigenvalue weighted by molar-refractivity contribution is -0.146. The number of carbonyl (C=O) groups is 2. The van der Waals surface area contributed by atoms with Gasteiger partial charge in [0.2, 0.25) is 11.8 Å². The topological polar surface area (TPSA) is 64.7 Å². The lowest BCUT2D eigenvalue weighted by Crippen LogP contribution is -2.66. The molecule has 2 aliphatic rings. The van der Waals surface area contributed by atoms with Crippen molar-refractivity contribution in [1.29, 1.82) is 0 Å². The fourth-order valence-corrected chi connectivity index (χ4v) is 2.88. The molecule has 1 atom stereocenters. The first kappa shape index (κ1) is 14.3. The quantitative estimate of drug-likeness (QED) is 0.675. The van der Waals surface area contributed by atoms with Crippen molar-refractivity contribution in [3.05, 3.63) is 0 Å². The summed E-state index contributed by atoms with van der Waals surface area (Å²) in [6.45, 7) is 10.2. The van der Waals surface area contributed by atoms with E-state index in [1.165, 1.54) is 0 Å². The summed E-state index contributed by atoms with van der Waals surface area (Å²) in [7, 11) is 0. The second-order valence-electron chi connectivity index (χ2n) is 5.76. The molecular formula is C13H24N4O2. The van der Waals surface area contributed by atoms with Gasteiger partial charge in [-0.25, -0.2) is 0 Å². The molecular weight excluding hydrogens is 244 g/mol. The van der Waals surface area contributed by atoms with E-state index in [4.69, 9.17) is 0 Å². The molecule has 0 spiro atoms. The minimum Gasteiger partial charge on any atom is -0.353 e. The van der Waals surface area contributed by atoms with Gasteiger partial charge < -0.3 is 15.5 Å². The van der Waals surface area contributed by atoms with Gasteiger partial charge in [0.1, 0.15) is 0 Å². The fraction of sp³-hybridized carbons (Fsp3) is 0.846. The number of hydrogen-bond donors (Lipinski definition) is 2. The SMILES string of the molecule is CC(C(=O)N1CCNCC1)N1CCNC(=O)C1(C)C. The number of carbonyl (C=O) groups excluding carboxylic acids is 2. The molecule has 2 amide bonds. The monoisotopic (exact) mass is 268 g/mol. The number of rotatable bonds is 2. The van der Waals surface area contributed by atoms with Crippen LogP contribution in [-0.4, -0.2) is 72.5 Å². The van der Waals surface area contributed by atoms with E-state index in [1.54, 1.807) is 0 Å². The molecule has 108 valence electrons. The predicted octanol–water partition coefficient (Wildman–Crippen LogP) is -0.983. The molecule has 19 heavy (non-hydrogen) atoms. The molecule has 2 saturated heterocycles. The first-order valence-corrected chi connectivity index (χ1v) is 6.99. The van der Waals surface area contributed by atoms with Crippen molar-refractivity contribution in [3.63, 3.8) is 0 Å². The molecule has 2 rings (SSSR count). The highest BCUT2D eigenvalue weighted by Gasteiger charge is 2.42. The van der Waals surface area contributed by atoms with Gasteiger partial charge in [0.15, 0.2) is 0 Å². The summed E-state index contributed by atoms with van der Waals surface area (Å²) >= 11 is 0. The molecule has 0 aromatic carbocycles. The van der Waals surface area contributed by atoms with Gasteiger partial charge >= 0.3 is 0 Å². The summed E-state index contributed by atoms with van der Waals surface area (Å²) in [5.74, 6) is 0.128. The molecule has 0 bridgehead atoms. The predicted molar refractivity (Wildman–Crippen MR) is 72.7 cm³/mol. The Hall–Kier alpha value is -1.14. The number of piperazine rings is 2. The van der Waals surface area contributed by atoms with Gasteiger partial charge in [-0.15, -0.1) is 0 Å². The van der Waals surface area contributed by atoms with Crippen molar-refractivity contribution in [2.45, 2.75) is 32.4 Å². The van der Waals surface area contributed by atoms with Gasteiger partial charge in [0.05, 0.1) is 11.6 Å². The number of amides is 2. The van der Waals surface area contributed by atoms with Crippen molar-refractivity contribution in [1.82, 2.24) is 20.4 Å². The van der Waals surface area contributed by atoms with Gasteiger partial charge in [0, 0.05) is 39.3 Å². The van der Waals surface area contributed by atoms with Gasteiger partial charge in [-0.05, 0) is 20.8 Å². The number of nitrogens with zero attached hydrogens (tertiary/aromatic N) is 2. The maximum atomic E-state index is 12.5. The third kappa shape index (κ3) is 2.74. The minimum atomic E-state index is -0.624. The summed E-state index contributed by atoms with van der Waals surface area (Å²) in [6.07, 6.45) is 0. The Balaban J connectivity index is 2.07. The van der Waals surface area contributed by atoms with Crippen LogP contribution in [0.2, 0.25) is 0 Å². The maximum absolute atomic E-state index is 12.5. The first-order chi connectivity index (χ1) is 8.94. The lowest BCUT2D eigenvalue weighted by Gasteiger charge is -2.45. The summed E-state index contributed by atoms with van der Waals surface area (Å²) < 4.78 is 0. The van der Waals surface area contributed by atoms with E-state index >= 15 is 0 Å².